The summed E-state index contributed by atoms with van der Waals surface area (Å²) >= 11 is 3.51. The highest BCUT2D eigenvalue weighted by molar-refractivity contribution is 9.09. The molecule has 0 aliphatic heterocycles. The first kappa shape index (κ1) is 15.5. The number of hydrogen-bond donors (Lipinski definition) is 0. The zero-order chi connectivity index (χ0) is 11.4. The van der Waals surface area contributed by atoms with E-state index in [-0.39, 0.29) is 0 Å². The van der Waals surface area contributed by atoms with Gasteiger partial charge in [-0.2, -0.15) is 0 Å². The molecule has 0 aromatic rings. The standard InChI is InChI=1S/C14H29Br/c1-3-4-5-6-7-8-9-10-11-14(2)12-13-15/h14H,3-13H2,1-2H3. The molecule has 0 radical (unpaired) electrons. The van der Waals surface area contributed by atoms with Gasteiger partial charge in [0.05, 0.1) is 0 Å². The molecular weight excluding hydrogens is 248 g/mol. The van der Waals surface area contributed by atoms with E-state index in [1.54, 1.807) is 0 Å². The molecule has 0 heterocycles. The third kappa shape index (κ3) is 12.4. The highest BCUT2D eigenvalue weighted by Gasteiger charge is 2.00. The highest BCUT2D eigenvalue weighted by atomic mass is 79.9. The Morgan fingerprint density at radius 1 is 0.800 bits per heavy atom. The second-order valence-electron chi connectivity index (χ2n) is 4.85. The maximum atomic E-state index is 3.51. The minimum absolute atomic E-state index is 0.921. The monoisotopic (exact) mass is 276 g/mol. The van der Waals surface area contributed by atoms with Gasteiger partial charge in [-0.25, -0.2) is 0 Å². The first-order valence-corrected chi connectivity index (χ1v) is 7.99. The lowest BCUT2D eigenvalue weighted by Gasteiger charge is -2.08. The Morgan fingerprint density at radius 3 is 1.87 bits per heavy atom. The quantitative estimate of drug-likeness (QED) is 0.324. The molecule has 0 aromatic heterocycles. The van der Waals surface area contributed by atoms with E-state index in [9.17, 15) is 0 Å². The maximum Gasteiger partial charge on any atom is 0.00338 e. The van der Waals surface area contributed by atoms with Crippen LogP contribution in [0.25, 0.3) is 0 Å². The summed E-state index contributed by atoms with van der Waals surface area (Å²) in [5.41, 5.74) is 0. The molecule has 0 N–H and O–H groups in total. The Kier molecular flexibility index (Phi) is 13.0. The molecule has 0 fully saturated rings. The van der Waals surface area contributed by atoms with Crippen LogP contribution in [0.2, 0.25) is 0 Å². The first-order valence-electron chi connectivity index (χ1n) is 6.87. The van der Waals surface area contributed by atoms with E-state index in [4.69, 9.17) is 0 Å². The van der Waals surface area contributed by atoms with E-state index < -0.39 is 0 Å². The molecule has 0 aliphatic rings. The smallest absolute Gasteiger partial charge is 0.00338 e. The van der Waals surface area contributed by atoms with Crippen molar-refractivity contribution >= 4 is 15.9 Å². The zero-order valence-electron chi connectivity index (χ0n) is 10.7. The lowest BCUT2D eigenvalue weighted by atomic mass is 10.00. The van der Waals surface area contributed by atoms with Gasteiger partial charge in [-0.3, -0.25) is 0 Å². The van der Waals surface area contributed by atoms with Gasteiger partial charge in [-0.05, 0) is 12.3 Å². The van der Waals surface area contributed by atoms with Crippen molar-refractivity contribution in [3.05, 3.63) is 0 Å². The molecule has 0 aliphatic carbocycles. The summed E-state index contributed by atoms with van der Waals surface area (Å²) in [6.45, 7) is 4.66. The number of rotatable bonds is 11. The van der Waals surface area contributed by atoms with Crippen molar-refractivity contribution < 1.29 is 0 Å². The van der Waals surface area contributed by atoms with Crippen LogP contribution >= 0.6 is 15.9 Å². The molecule has 1 atom stereocenters. The molecule has 15 heavy (non-hydrogen) atoms. The van der Waals surface area contributed by atoms with Crippen LogP contribution in [0.4, 0.5) is 0 Å². The first-order chi connectivity index (χ1) is 7.31. The lowest BCUT2D eigenvalue weighted by Crippen LogP contribution is -1.95. The Morgan fingerprint density at radius 2 is 1.33 bits per heavy atom. The molecule has 1 heteroatoms. The predicted octanol–water partition coefficient (Wildman–Crippen LogP) is 5.94. The van der Waals surface area contributed by atoms with Gasteiger partial charge < -0.3 is 0 Å². The van der Waals surface area contributed by atoms with Crippen LogP contribution in [0, 0.1) is 5.92 Å². The Labute approximate surface area is 105 Å². The summed E-state index contributed by atoms with van der Waals surface area (Å²) in [6.07, 6.45) is 14.3. The zero-order valence-corrected chi connectivity index (χ0v) is 12.3. The average molecular weight is 277 g/mol. The number of hydrogen-bond acceptors (Lipinski definition) is 0. The van der Waals surface area contributed by atoms with Crippen LogP contribution in [0.15, 0.2) is 0 Å². The van der Waals surface area contributed by atoms with Crippen molar-refractivity contribution in [3.63, 3.8) is 0 Å². The second kappa shape index (κ2) is 12.5. The van der Waals surface area contributed by atoms with Crippen LogP contribution in [0.3, 0.4) is 0 Å². The third-order valence-corrected chi connectivity index (χ3v) is 3.61. The van der Waals surface area contributed by atoms with E-state index in [1.165, 1.54) is 69.5 Å². The van der Waals surface area contributed by atoms with Crippen LogP contribution in [-0.2, 0) is 0 Å². The minimum atomic E-state index is 0.921. The molecule has 1 unspecified atom stereocenters. The van der Waals surface area contributed by atoms with E-state index in [0.717, 1.165) is 5.92 Å². The Balaban J connectivity index is 2.98. The summed E-state index contributed by atoms with van der Waals surface area (Å²) < 4.78 is 0. The summed E-state index contributed by atoms with van der Waals surface area (Å²) in [7, 11) is 0. The molecular formula is C14H29Br. The third-order valence-electron chi connectivity index (χ3n) is 3.15. The second-order valence-corrected chi connectivity index (χ2v) is 5.64. The highest BCUT2D eigenvalue weighted by Crippen LogP contribution is 2.15. The van der Waals surface area contributed by atoms with Gasteiger partial charge in [0, 0.05) is 5.33 Å². The molecule has 0 amide bonds. The van der Waals surface area contributed by atoms with Crippen molar-refractivity contribution in [1.29, 1.82) is 0 Å². The average Bonchev–Trinajstić information content (AvgIpc) is 2.22. The number of alkyl halides is 1. The summed E-state index contributed by atoms with van der Waals surface area (Å²) in [5.74, 6) is 0.921. The Bertz CT molecular complexity index is 112. The molecule has 0 rings (SSSR count). The largest absolute Gasteiger partial charge is 0.0928 e. The van der Waals surface area contributed by atoms with Crippen molar-refractivity contribution in [3.8, 4) is 0 Å². The molecule has 0 spiro atoms. The van der Waals surface area contributed by atoms with Gasteiger partial charge in [0.1, 0.15) is 0 Å². The Hall–Kier alpha value is 0.480. The SMILES string of the molecule is CCCCCCCCCCC(C)CCBr. The molecule has 0 bridgehead atoms. The number of halogens is 1. The fourth-order valence-corrected chi connectivity index (χ4v) is 2.74. The predicted molar refractivity (Wildman–Crippen MR) is 74.8 cm³/mol. The minimum Gasteiger partial charge on any atom is -0.0928 e. The summed E-state index contributed by atoms with van der Waals surface area (Å²) in [4.78, 5) is 0. The summed E-state index contributed by atoms with van der Waals surface area (Å²) in [6, 6.07) is 0. The van der Waals surface area contributed by atoms with E-state index in [1.807, 2.05) is 0 Å². The van der Waals surface area contributed by atoms with Gasteiger partial charge in [-0.15, -0.1) is 0 Å². The molecule has 0 nitrogen and oxygen atoms in total. The number of unbranched alkanes of at least 4 members (excludes halogenated alkanes) is 7. The topological polar surface area (TPSA) is 0 Å². The van der Waals surface area contributed by atoms with Gasteiger partial charge >= 0.3 is 0 Å². The van der Waals surface area contributed by atoms with Gasteiger partial charge in [0.15, 0.2) is 0 Å². The maximum absolute atomic E-state index is 3.51. The van der Waals surface area contributed by atoms with Gasteiger partial charge in [0.2, 0.25) is 0 Å². The lowest BCUT2D eigenvalue weighted by molar-refractivity contribution is 0.473. The van der Waals surface area contributed by atoms with Crippen LogP contribution in [0.5, 0.6) is 0 Å². The van der Waals surface area contributed by atoms with Gasteiger partial charge in [-0.1, -0.05) is 87.6 Å². The van der Waals surface area contributed by atoms with Crippen molar-refractivity contribution in [1.82, 2.24) is 0 Å². The van der Waals surface area contributed by atoms with Crippen molar-refractivity contribution in [2.24, 2.45) is 5.92 Å². The van der Waals surface area contributed by atoms with Crippen LogP contribution in [-0.4, -0.2) is 5.33 Å². The van der Waals surface area contributed by atoms with E-state index in [0.29, 0.717) is 0 Å². The molecule has 0 saturated heterocycles. The summed E-state index contributed by atoms with van der Waals surface area (Å²) in [5, 5.41) is 1.17. The van der Waals surface area contributed by atoms with E-state index >= 15 is 0 Å². The fourth-order valence-electron chi connectivity index (χ4n) is 1.96. The van der Waals surface area contributed by atoms with E-state index in [2.05, 4.69) is 29.8 Å². The molecule has 92 valence electrons. The van der Waals surface area contributed by atoms with Crippen molar-refractivity contribution in [2.75, 3.05) is 5.33 Å². The van der Waals surface area contributed by atoms with Crippen LogP contribution in [0.1, 0.15) is 78.1 Å². The molecule has 0 aromatic carbocycles. The van der Waals surface area contributed by atoms with Crippen LogP contribution < -0.4 is 0 Å². The molecule has 0 saturated carbocycles. The van der Waals surface area contributed by atoms with Gasteiger partial charge in [0.25, 0.3) is 0 Å². The normalized spacial score (nSPS) is 13.0. The van der Waals surface area contributed by atoms with Crippen molar-refractivity contribution in [2.45, 2.75) is 78.1 Å². The fraction of sp³-hybridized carbons (Fsp3) is 1.00.